The van der Waals surface area contributed by atoms with Gasteiger partial charge in [0.15, 0.2) is 0 Å². The Labute approximate surface area is 101 Å². The van der Waals surface area contributed by atoms with Crippen LogP contribution in [0.1, 0.15) is 32.6 Å². The topological polar surface area (TPSA) is 75.6 Å². The van der Waals surface area contributed by atoms with E-state index in [2.05, 4.69) is 5.32 Å². The van der Waals surface area contributed by atoms with Crippen LogP contribution in [0.15, 0.2) is 12.2 Å². The molecule has 1 rings (SSSR count). The van der Waals surface area contributed by atoms with Gasteiger partial charge in [0.25, 0.3) is 0 Å². The van der Waals surface area contributed by atoms with Gasteiger partial charge in [-0.25, -0.2) is 4.79 Å². The first-order valence-electron chi connectivity index (χ1n) is 5.88. The van der Waals surface area contributed by atoms with Crippen molar-refractivity contribution >= 4 is 11.9 Å². The summed E-state index contributed by atoms with van der Waals surface area (Å²) >= 11 is 0. The lowest BCUT2D eigenvalue weighted by molar-refractivity contribution is -0.142. The molecule has 0 saturated carbocycles. The van der Waals surface area contributed by atoms with Gasteiger partial charge in [0.1, 0.15) is 6.04 Å². The summed E-state index contributed by atoms with van der Waals surface area (Å²) in [6.07, 6.45) is 5.85. The molecule has 5 nitrogen and oxygen atoms in total. The van der Waals surface area contributed by atoms with Crippen molar-refractivity contribution in [1.29, 1.82) is 0 Å². The Morgan fingerprint density at radius 3 is 2.88 bits per heavy atom. The van der Waals surface area contributed by atoms with Gasteiger partial charge in [-0.1, -0.05) is 12.2 Å². The lowest BCUT2D eigenvalue weighted by Gasteiger charge is -2.14. The van der Waals surface area contributed by atoms with Gasteiger partial charge in [-0.3, -0.25) is 4.79 Å². The third kappa shape index (κ3) is 4.99. The summed E-state index contributed by atoms with van der Waals surface area (Å²) in [5.74, 6) is -1.27. The predicted molar refractivity (Wildman–Crippen MR) is 62.6 cm³/mol. The van der Waals surface area contributed by atoms with Crippen LogP contribution in [0.4, 0.5) is 0 Å². The fraction of sp³-hybridized carbons (Fsp3) is 0.667. The summed E-state index contributed by atoms with van der Waals surface area (Å²) < 4.78 is 5.32. The molecule has 1 saturated heterocycles. The van der Waals surface area contributed by atoms with Gasteiger partial charge in [-0.2, -0.15) is 0 Å². The maximum Gasteiger partial charge on any atom is 0.326 e. The highest BCUT2D eigenvalue weighted by Crippen LogP contribution is 2.15. The zero-order chi connectivity index (χ0) is 12.7. The number of aliphatic carboxylic acids is 1. The molecule has 1 heterocycles. The Hall–Kier alpha value is -1.36. The van der Waals surface area contributed by atoms with E-state index in [1.165, 1.54) is 0 Å². The molecular formula is C12H19NO4. The van der Waals surface area contributed by atoms with Gasteiger partial charge in [0.05, 0.1) is 12.5 Å². The Morgan fingerprint density at radius 1 is 1.59 bits per heavy atom. The quantitative estimate of drug-likeness (QED) is 0.682. The Bertz CT molecular complexity index is 295. The molecule has 1 aliphatic heterocycles. The van der Waals surface area contributed by atoms with E-state index < -0.39 is 12.0 Å². The van der Waals surface area contributed by atoms with Crippen LogP contribution in [0.5, 0.6) is 0 Å². The molecule has 0 aromatic heterocycles. The van der Waals surface area contributed by atoms with Crippen LogP contribution in [0.2, 0.25) is 0 Å². The molecule has 96 valence electrons. The van der Waals surface area contributed by atoms with E-state index in [4.69, 9.17) is 9.84 Å². The summed E-state index contributed by atoms with van der Waals surface area (Å²) in [5.41, 5.74) is 0. The number of ether oxygens (including phenoxy) is 1. The number of hydrogen-bond donors (Lipinski definition) is 2. The van der Waals surface area contributed by atoms with Gasteiger partial charge < -0.3 is 15.2 Å². The summed E-state index contributed by atoms with van der Waals surface area (Å²) in [6.45, 7) is 2.51. The highest BCUT2D eigenvalue weighted by molar-refractivity contribution is 5.83. The molecule has 0 aliphatic carbocycles. The number of carbonyl (C=O) groups is 2. The molecule has 0 bridgehead atoms. The van der Waals surface area contributed by atoms with E-state index in [9.17, 15) is 9.59 Å². The Kier molecular flexibility index (Phi) is 5.69. The highest BCUT2D eigenvalue weighted by Gasteiger charge is 2.23. The summed E-state index contributed by atoms with van der Waals surface area (Å²) in [4.78, 5) is 22.5. The van der Waals surface area contributed by atoms with E-state index in [1.807, 2.05) is 6.92 Å². The molecule has 2 N–H and O–H groups in total. The van der Waals surface area contributed by atoms with Gasteiger partial charge in [0, 0.05) is 6.61 Å². The third-order valence-electron chi connectivity index (χ3n) is 2.68. The minimum atomic E-state index is -1.01. The first-order valence-corrected chi connectivity index (χ1v) is 5.88. The van der Waals surface area contributed by atoms with Gasteiger partial charge in [-0.15, -0.1) is 0 Å². The van der Waals surface area contributed by atoms with Crippen LogP contribution in [-0.4, -0.2) is 35.7 Å². The molecule has 1 amide bonds. The van der Waals surface area contributed by atoms with Crippen LogP contribution in [0.25, 0.3) is 0 Å². The molecule has 1 fully saturated rings. The smallest absolute Gasteiger partial charge is 0.326 e. The van der Waals surface area contributed by atoms with Crippen molar-refractivity contribution in [3.8, 4) is 0 Å². The maximum atomic E-state index is 11.6. The second-order valence-corrected chi connectivity index (χ2v) is 4.10. The minimum Gasteiger partial charge on any atom is -0.480 e. The van der Waals surface area contributed by atoms with Crippen LogP contribution in [0, 0.1) is 0 Å². The fourth-order valence-corrected chi connectivity index (χ4v) is 1.76. The minimum absolute atomic E-state index is 0.0498. The summed E-state index contributed by atoms with van der Waals surface area (Å²) in [7, 11) is 0. The number of rotatable bonds is 6. The van der Waals surface area contributed by atoms with Gasteiger partial charge in [-0.05, 0) is 26.2 Å². The Balaban J connectivity index is 2.37. The molecule has 5 heteroatoms. The third-order valence-corrected chi connectivity index (χ3v) is 2.68. The molecule has 0 aromatic rings. The molecule has 0 spiro atoms. The molecule has 0 aromatic carbocycles. The lowest BCUT2D eigenvalue weighted by atomic mass is 10.1. The number of amides is 1. The second-order valence-electron chi connectivity index (χ2n) is 4.10. The molecular weight excluding hydrogens is 222 g/mol. The fourth-order valence-electron chi connectivity index (χ4n) is 1.76. The van der Waals surface area contributed by atoms with Crippen molar-refractivity contribution in [3.05, 3.63) is 12.2 Å². The largest absolute Gasteiger partial charge is 0.480 e. The van der Waals surface area contributed by atoms with E-state index in [0.29, 0.717) is 13.0 Å². The number of carboxylic acids is 1. The van der Waals surface area contributed by atoms with Crippen LogP contribution >= 0.6 is 0 Å². The van der Waals surface area contributed by atoms with Gasteiger partial charge >= 0.3 is 5.97 Å². The van der Waals surface area contributed by atoms with E-state index >= 15 is 0 Å². The average molecular weight is 241 g/mol. The number of nitrogens with one attached hydrogen (secondary N) is 1. The number of allylic oxidation sites excluding steroid dienone is 1. The van der Waals surface area contributed by atoms with E-state index in [0.717, 1.165) is 12.8 Å². The zero-order valence-electron chi connectivity index (χ0n) is 10.0. The van der Waals surface area contributed by atoms with Crippen LogP contribution < -0.4 is 5.32 Å². The van der Waals surface area contributed by atoms with Crippen molar-refractivity contribution in [3.63, 3.8) is 0 Å². The van der Waals surface area contributed by atoms with Crippen molar-refractivity contribution in [1.82, 2.24) is 5.32 Å². The van der Waals surface area contributed by atoms with Crippen molar-refractivity contribution < 1.29 is 19.4 Å². The summed E-state index contributed by atoms with van der Waals surface area (Å²) in [5, 5.41) is 11.4. The highest BCUT2D eigenvalue weighted by atomic mass is 16.5. The van der Waals surface area contributed by atoms with Crippen molar-refractivity contribution in [2.75, 3.05) is 6.61 Å². The molecule has 2 atom stereocenters. The Morgan fingerprint density at radius 2 is 2.35 bits per heavy atom. The molecule has 1 aliphatic rings. The van der Waals surface area contributed by atoms with E-state index in [-0.39, 0.29) is 18.4 Å². The standard InChI is InChI=1S/C12H19NO4/c1-2-3-6-10(12(15)16)13-11(14)8-9-5-4-7-17-9/h2-3,9-10H,4-8H2,1H3,(H,13,14)(H,15,16)/b3-2+. The summed E-state index contributed by atoms with van der Waals surface area (Å²) in [6, 6.07) is -0.847. The number of hydrogen-bond acceptors (Lipinski definition) is 3. The monoisotopic (exact) mass is 241 g/mol. The van der Waals surface area contributed by atoms with Crippen LogP contribution in [0.3, 0.4) is 0 Å². The van der Waals surface area contributed by atoms with E-state index in [1.54, 1.807) is 12.2 Å². The molecule has 17 heavy (non-hydrogen) atoms. The first kappa shape index (κ1) is 13.7. The second kappa shape index (κ2) is 7.06. The number of carbonyl (C=O) groups excluding carboxylic acids is 1. The van der Waals surface area contributed by atoms with Crippen molar-refractivity contribution in [2.45, 2.75) is 44.8 Å². The normalized spacial score (nSPS) is 21.6. The maximum absolute atomic E-state index is 11.6. The van der Waals surface area contributed by atoms with Crippen LogP contribution in [-0.2, 0) is 14.3 Å². The number of carboxylic acid groups (broad SMARTS) is 1. The van der Waals surface area contributed by atoms with Gasteiger partial charge in [0.2, 0.25) is 5.91 Å². The first-order chi connectivity index (χ1) is 8.13. The average Bonchev–Trinajstić information content (AvgIpc) is 2.76. The molecule has 2 unspecified atom stereocenters. The molecule has 0 radical (unpaired) electrons. The predicted octanol–water partition coefficient (Wildman–Crippen LogP) is 1.09. The SMILES string of the molecule is C/C=C/CC(NC(=O)CC1CCCO1)C(=O)O. The van der Waals surface area contributed by atoms with Crippen molar-refractivity contribution in [2.24, 2.45) is 0 Å². The zero-order valence-corrected chi connectivity index (χ0v) is 10.0. The lowest BCUT2D eigenvalue weighted by Crippen LogP contribution is -2.41.